The summed E-state index contributed by atoms with van der Waals surface area (Å²) in [5, 5.41) is 22.8. The number of ether oxygens (including phenoxy) is 1. The molecule has 2 aromatic rings. The Morgan fingerprint density at radius 2 is 2.11 bits per heavy atom. The van der Waals surface area contributed by atoms with Crippen LogP contribution in [0.3, 0.4) is 0 Å². The quantitative estimate of drug-likeness (QED) is 0.901. The summed E-state index contributed by atoms with van der Waals surface area (Å²) in [6, 6.07) is 1.83. The van der Waals surface area contributed by atoms with Gasteiger partial charge in [-0.15, -0.1) is 0 Å². The van der Waals surface area contributed by atoms with Gasteiger partial charge in [-0.25, -0.2) is 0 Å². The molecule has 0 aliphatic heterocycles. The van der Waals surface area contributed by atoms with E-state index < -0.39 is 6.10 Å². The van der Waals surface area contributed by atoms with Gasteiger partial charge in [0.15, 0.2) is 5.75 Å². The highest BCUT2D eigenvalue weighted by molar-refractivity contribution is 5.36. The highest BCUT2D eigenvalue weighted by Gasteiger charge is 2.23. The van der Waals surface area contributed by atoms with Crippen molar-refractivity contribution in [1.82, 2.24) is 20.0 Å². The van der Waals surface area contributed by atoms with Crippen molar-refractivity contribution < 1.29 is 9.84 Å². The van der Waals surface area contributed by atoms with Crippen LogP contribution in [0.2, 0.25) is 0 Å². The van der Waals surface area contributed by atoms with Crippen LogP contribution in [0.15, 0.2) is 12.3 Å². The van der Waals surface area contributed by atoms with Crippen molar-refractivity contribution in [2.75, 3.05) is 7.11 Å². The second-order valence-corrected chi connectivity index (χ2v) is 4.34. The minimum atomic E-state index is -0.827. The molecule has 2 heterocycles. The average Bonchev–Trinajstić information content (AvgIpc) is 2.83. The minimum absolute atomic E-state index is 0.572. The first-order valence-corrected chi connectivity index (χ1v) is 6.17. The van der Waals surface area contributed by atoms with Crippen molar-refractivity contribution in [1.29, 1.82) is 0 Å². The average molecular weight is 262 g/mol. The van der Waals surface area contributed by atoms with Crippen molar-refractivity contribution in [3.05, 3.63) is 34.9 Å². The van der Waals surface area contributed by atoms with Gasteiger partial charge in [0.2, 0.25) is 0 Å². The Bertz CT molecular complexity index is 559. The zero-order chi connectivity index (χ0) is 14.0. The fourth-order valence-electron chi connectivity index (χ4n) is 2.06. The van der Waals surface area contributed by atoms with E-state index in [4.69, 9.17) is 4.74 Å². The Kier molecular flexibility index (Phi) is 3.80. The molecule has 6 heteroatoms. The number of aliphatic hydroxyl groups excluding tert-OH is 1. The Balaban J connectivity index is 2.51. The molecule has 0 saturated heterocycles. The van der Waals surface area contributed by atoms with E-state index in [0.717, 1.165) is 11.3 Å². The van der Waals surface area contributed by atoms with Crippen LogP contribution in [0.1, 0.15) is 35.7 Å². The zero-order valence-electron chi connectivity index (χ0n) is 11.6. The summed E-state index contributed by atoms with van der Waals surface area (Å²) in [7, 11) is 1.57. The van der Waals surface area contributed by atoms with Crippen molar-refractivity contribution in [3.63, 3.8) is 0 Å². The topological polar surface area (TPSA) is 73.1 Å². The van der Waals surface area contributed by atoms with Crippen LogP contribution in [0.4, 0.5) is 0 Å². The molecular formula is C13H18N4O2. The van der Waals surface area contributed by atoms with Gasteiger partial charge < -0.3 is 9.84 Å². The van der Waals surface area contributed by atoms with Crippen LogP contribution in [0.5, 0.6) is 5.75 Å². The van der Waals surface area contributed by atoms with E-state index in [2.05, 4.69) is 15.3 Å². The first-order valence-electron chi connectivity index (χ1n) is 6.17. The number of nitrogens with zero attached hydrogens (tertiary/aromatic N) is 4. The zero-order valence-corrected chi connectivity index (χ0v) is 11.6. The molecule has 0 fully saturated rings. The molecule has 0 amide bonds. The maximum absolute atomic E-state index is 10.6. The Morgan fingerprint density at radius 3 is 2.74 bits per heavy atom. The predicted octanol–water partition coefficient (Wildman–Crippen LogP) is 1.40. The Hall–Kier alpha value is -1.95. The summed E-state index contributed by atoms with van der Waals surface area (Å²) < 4.78 is 6.98. The number of hydrogen-bond donors (Lipinski definition) is 1. The van der Waals surface area contributed by atoms with Crippen LogP contribution in [-0.4, -0.2) is 32.2 Å². The van der Waals surface area contributed by atoms with Gasteiger partial charge in [0, 0.05) is 12.1 Å². The number of methoxy groups -OCH3 is 1. The summed E-state index contributed by atoms with van der Waals surface area (Å²) in [6.45, 7) is 6.29. The third kappa shape index (κ3) is 2.44. The van der Waals surface area contributed by atoms with Crippen molar-refractivity contribution in [2.45, 2.75) is 33.4 Å². The summed E-state index contributed by atoms with van der Waals surface area (Å²) in [6.07, 6.45) is 0.783. The van der Waals surface area contributed by atoms with Crippen LogP contribution in [0, 0.1) is 13.8 Å². The standard InChI is InChI=1S/C13H18N4O2/c1-5-17-12(11(19-4)7-14-17)13(18)10-6-8(2)15-16-9(10)3/h6-7,13,18H,5H2,1-4H3. The fraction of sp³-hybridized carbons (Fsp3) is 0.462. The van der Waals surface area contributed by atoms with E-state index in [1.165, 1.54) is 0 Å². The smallest absolute Gasteiger partial charge is 0.163 e. The molecule has 1 atom stereocenters. The molecule has 0 spiro atoms. The second kappa shape index (κ2) is 5.36. The molecule has 1 unspecified atom stereocenters. The molecular weight excluding hydrogens is 244 g/mol. The summed E-state index contributed by atoms with van der Waals surface area (Å²) in [5.41, 5.74) is 2.83. The van der Waals surface area contributed by atoms with E-state index >= 15 is 0 Å². The van der Waals surface area contributed by atoms with Crippen molar-refractivity contribution >= 4 is 0 Å². The highest BCUT2D eigenvalue weighted by atomic mass is 16.5. The number of aromatic nitrogens is 4. The molecule has 2 aromatic heterocycles. The number of aliphatic hydroxyl groups is 1. The SMILES string of the molecule is CCn1ncc(OC)c1C(O)c1cc(C)nnc1C. The van der Waals surface area contributed by atoms with E-state index in [0.29, 0.717) is 23.7 Å². The molecule has 2 rings (SSSR count). The predicted molar refractivity (Wildman–Crippen MR) is 70.0 cm³/mol. The molecule has 0 aliphatic carbocycles. The first kappa shape index (κ1) is 13.5. The highest BCUT2D eigenvalue weighted by Crippen LogP contribution is 2.30. The molecule has 0 bridgehead atoms. The lowest BCUT2D eigenvalue weighted by molar-refractivity contribution is 0.201. The normalized spacial score (nSPS) is 12.5. The van der Waals surface area contributed by atoms with Gasteiger partial charge in [0.1, 0.15) is 11.8 Å². The number of rotatable bonds is 4. The molecule has 6 nitrogen and oxygen atoms in total. The monoisotopic (exact) mass is 262 g/mol. The first-order chi connectivity index (χ1) is 9.08. The van der Waals surface area contributed by atoms with Crippen LogP contribution >= 0.6 is 0 Å². The van der Waals surface area contributed by atoms with E-state index in [1.54, 1.807) is 18.0 Å². The van der Waals surface area contributed by atoms with Crippen molar-refractivity contribution in [2.24, 2.45) is 0 Å². The molecule has 0 aliphatic rings. The van der Waals surface area contributed by atoms with Crippen LogP contribution < -0.4 is 4.74 Å². The fourth-order valence-corrected chi connectivity index (χ4v) is 2.06. The van der Waals surface area contributed by atoms with Gasteiger partial charge in [0.25, 0.3) is 0 Å². The van der Waals surface area contributed by atoms with Crippen LogP contribution in [-0.2, 0) is 6.54 Å². The third-order valence-corrected chi connectivity index (χ3v) is 3.06. The largest absolute Gasteiger partial charge is 0.493 e. The third-order valence-electron chi connectivity index (χ3n) is 3.06. The number of aryl methyl sites for hydroxylation is 3. The Labute approximate surface area is 112 Å². The van der Waals surface area contributed by atoms with Gasteiger partial charge in [0.05, 0.1) is 24.7 Å². The molecule has 19 heavy (non-hydrogen) atoms. The van der Waals surface area contributed by atoms with E-state index in [-0.39, 0.29) is 0 Å². The molecule has 0 aromatic carbocycles. The summed E-state index contributed by atoms with van der Waals surface area (Å²) in [4.78, 5) is 0. The van der Waals surface area contributed by atoms with Crippen LogP contribution in [0.25, 0.3) is 0 Å². The lowest BCUT2D eigenvalue weighted by atomic mass is 10.0. The number of hydrogen-bond acceptors (Lipinski definition) is 5. The van der Waals surface area contributed by atoms with Gasteiger partial charge >= 0.3 is 0 Å². The molecule has 1 N–H and O–H groups in total. The Morgan fingerprint density at radius 1 is 1.37 bits per heavy atom. The lowest BCUT2D eigenvalue weighted by Gasteiger charge is -2.16. The molecule has 0 radical (unpaired) electrons. The van der Waals surface area contributed by atoms with Gasteiger partial charge in [-0.3, -0.25) is 4.68 Å². The van der Waals surface area contributed by atoms with Crippen molar-refractivity contribution in [3.8, 4) is 5.75 Å². The maximum Gasteiger partial charge on any atom is 0.163 e. The molecule has 102 valence electrons. The lowest BCUT2D eigenvalue weighted by Crippen LogP contribution is -2.12. The van der Waals surface area contributed by atoms with Gasteiger partial charge in [-0.2, -0.15) is 15.3 Å². The van der Waals surface area contributed by atoms with E-state index in [9.17, 15) is 5.11 Å². The second-order valence-electron chi connectivity index (χ2n) is 4.34. The van der Waals surface area contributed by atoms with E-state index in [1.807, 2.05) is 26.8 Å². The summed E-state index contributed by atoms with van der Waals surface area (Å²) in [5.74, 6) is 0.572. The van der Waals surface area contributed by atoms with Gasteiger partial charge in [-0.1, -0.05) is 0 Å². The minimum Gasteiger partial charge on any atom is -0.493 e. The summed E-state index contributed by atoms with van der Waals surface area (Å²) >= 11 is 0. The van der Waals surface area contributed by atoms with Gasteiger partial charge in [-0.05, 0) is 26.8 Å². The maximum atomic E-state index is 10.6. The molecule has 0 saturated carbocycles.